The van der Waals surface area contributed by atoms with Gasteiger partial charge in [0.25, 0.3) is 0 Å². The monoisotopic (exact) mass is 242 g/mol. The fourth-order valence-electron chi connectivity index (χ4n) is 2.44. The zero-order valence-electron chi connectivity index (χ0n) is 11.5. The molecule has 2 heteroatoms. The smallest absolute Gasteiger partial charge is 0.0708 e. The number of nitrogens with one attached hydrogen (secondary N) is 1. The molecule has 1 unspecified atom stereocenters. The molecule has 2 nitrogen and oxygen atoms in total. The van der Waals surface area contributed by atoms with Gasteiger partial charge in [0.1, 0.15) is 0 Å². The number of fused-ring (bicyclic) bond motifs is 1. The van der Waals surface area contributed by atoms with Crippen LogP contribution in [0.5, 0.6) is 0 Å². The molecule has 0 aliphatic rings. The number of aromatic nitrogens is 1. The molecule has 0 spiro atoms. The van der Waals surface area contributed by atoms with Gasteiger partial charge in [-0.2, -0.15) is 0 Å². The topological polar surface area (TPSA) is 24.9 Å². The minimum absolute atomic E-state index is 0.378. The molecule has 0 fully saturated rings. The molecule has 18 heavy (non-hydrogen) atoms. The average Bonchev–Trinajstić information content (AvgIpc) is 2.38. The molecule has 0 saturated heterocycles. The molecule has 0 aliphatic carbocycles. The van der Waals surface area contributed by atoms with E-state index in [0.717, 1.165) is 18.5 Å². The fourth-order valence-corrected chi connectivity index (χ4v) is 2.44. The standard InChI is InChI=1S/C16H22N2/c1-4-8-15(17-5-2)16-11-12(3)13-9-6-7-10-14(13)18-16/h6-7,9-11,15,17H,4-5,8H2,1-3H3. The van der Waals surface area contributed by atoms with Gasteiger partial charge in [0.2, 0.25) is 0 Å². The Morgan fingerprint density at radius 3 is 2.72 bits per heavy atom. The largest absolute Gasteiger partial charge is 0.309 e. The summed E-state index contributed by atoms with van der Waals surface area (Å²) in [5, 5.41) is 4.79. The first-order chi connectivity index (χ1) is 8.76. The molecule has 1 N–H and O–H groups in total. The van der Waals surface area contributed by atoms with Gasteiger partial charge in [0.05, 0.1) is 11.2 Å². The Morgan fingerprint density at radius 2 is 2.00 bits per heavy atom. The van der Waals surface area contributed by atoms with E-state index in [-0.39, 0.29) is 0 Å². The Morgan fingerprint density at radius 1 is 1.22 bits per heavy atom. The quantitative estimate of drug-likeness (QED) is 0.857. The van der Waals surface area contributed by atoms with E-state index in [1.807, 2.05) is 0 Å². The fraction of sp³-hybridized carbons (Fsp3) is 0.438. The third-order valence-corrected chi connectivity index (χ3v) is 3.33. The van der Waals surface area contributed by atoms with E-state index in [4.69, 9.17) is 4.98 Å². The van der Waals surface area contributed by atoms with Gasteiger partial charge in [-0.05, 0) is 37.6 Å². The summed E-state index contributed by atoms with van der Waals surface area (Å²) in [6.07, 6.45) is 2.31. The first kappa shape index (κ1) is 13.0. The van der Waals surface area contributed by atoms with Crippen LogP contribution in [-0.2, 0) is 0 Å². The van der Waals surface area contributed by atoms with E-state index < -0.39 is 0 Å². The normalized spacial score (nSPS) is 12.8. The second kappa shape index (κ2) is 5.96. The molecule has 1 aromatic heterocycles. The molecule has 0 amide bonds. The predicted molar refractivity (Wildman–Crippen MR) is 77.8 cm³/mol. The van der Waals surface area contributed by atoms with Crippen molar-refractivity contribution in [3.05, 3.63) is 41.6 Å². The summed E-state index contributed by atoms with van der Waals surface area (Å²) in [7, 11) is 0. The van der Waals surface area contributed by atoms with E-state index in [0.29, 0.717) is 6.04 Å². The van der Waals surface area contributed by atoms with Crippen molar-refractivity contribution >= 4 is 10.9 Å². The van der Waals surface area contributed by atoms with Crippen LogP contribution < -0.4 is 5.32 Å². The summed E-state index contributed by atoms with van der Waals surface area (Å²) in [6.45, 7) is 7.52. The lowest BCUT2D eigenvalue weighted by Gasteiger charge is -2.18. The van der Waals surface area contributed by atoms with Gasteiger partial charge in [-0.3, -0.25) is 4.98 Å². The average molecular weight is 242 g/mol. The van der Waals surface area contributed by atoms with Gasteiger partial charge in [-0.1, -0.05) is 38.5 Å². The van der Waals surface area contributed by atoms with E-state index >= 15 is 0 Å². The Kier molecular flexibility index (Phi) is 4.32. The van der Waals surface area contributed by atoms with Gasteiger partial charge in [-0.15, -0.1) is 0 Å². The molecule has 0 radical (unpaired) electrons. The van der Waals surface area contributed by atoms with Crippen molar-refractivity contribution in [1.29, 1.82) is 0 Å². The second-order valence-corrected chi connectivity index (χ2v) is 4.78. The molecule has 1 aromatic carbocycles. The lowest BCUT2D eigenvalue weighted by Crippen LogP contribution is -2.21. The van der Waals surface area contributed by atoms with Crippen LogP contribution >= 0.6 is 0 Å². The number of nitrogens with zero attached hydrogens (tertiary/aromatic N) is 1. The summed E-state index contributed by atoms with van der Waals surface area (Å²) in [4.78, 5) is 4.81. The Bertz CT molecular complexity index is 513. The number of benzene rings is 1. The number of para-hydroxylation sites is 1. The van der Waals surface area contributed by atoms with Crippen LogP contribution in [0.2, 0.25) is 0 Å². The highest BCUT2D eigenvalue weighted by atomic mass is 14.9. The lowest BCUT2D eigenvalue weighted by molar-refractivity contribution is 0.499. The molecule has 96 valence electrons. The molecule has 2 rings (SSSR count). The highest BCUT2D eigenvalue weighted by molar-refractivity contribution is 5.82. The number of hydrogen-bond donors (Lipinski definition) is 1. The van der Waals surface area contributed by atoms with Crippen molar-refractivity contribution in [1.82, 2.24) is 10.3 Å². The maximum Gasteiger partial charge on any atom is 0.0708 e. The van der Waals surface area contributed by atoms with Gasteiger partial charge in [0.15, 0.2) is 0 Å². The van der Waals surface area contributed by atoms with Crippen LogP contribution in [0.25, 0.3) is 10.9 Å². The molecular formula is C16H22N2. The third-order valence-electron chi connectivity index (χ3n) is 3.33. The highest BCUT2D eigenvalue weighted by Gasteiger charge is 2.12. The van der Waals surface area contributed by atoms with Crippen molar-refractivity contribution in [2.45, 2.75) is 39.7 Å². The van der Waals surface area contributed by atoms with Crippen molar-refractivity contribution in [2.24, 2.45) is 0 Å². The molecule has 0 aliphatic heterocycles. The van der Waals surface area contributed by atoms with Crippen molar-refractivity contribution in [3.63, 3.8) is 0 Å². The number of rotatable bonds is 5. The molecule has 1 heterocycles. The van der Waals surface area contributed by atoms with Crippen molar-refractivity contribution < 1.29 is 0 Å². The summed E-state index contributed by atoms with van der Waals surface area (Å²) < 4.78 is 0. The zero-order chi connectivity index (χ0) is 13.0. The van der Waals surface area contributed by atoms with Crippen LogP contribution in [0.4, 0.5) is 0 Å². The van der Waals surface area contributed by atoms with E-state index in [2.05, 4.69) is 56.4 Å². The maximum absolute atomic E-state index is 4.81. The van der Waals surface area contributed by atoms with Gasteiger partial charge in [-0.25, -0.2) is 0 Å². The number of pyridine rings is 1. The number of aryl methyl sites for hydroxylation is 1. The van der Waals surface area contributed by atoms with Gasteiger partial charge < -0.3 is 5.32 Å². The summed E-state index contributed by atoms with van der Waals surface area (Å²) >= 11 is 0. The SMILES string of the molecule is CCCC(NCC)c1cc(C)c2ccccc2n1. The van der Waals surface area contributed by atoms with Crippen LogP contribution in [0, 0.1) is 6.92 Å². The first-order valence-corrected chi connectivity index (χ1v) is 6.86. The van der Waals surface area contributed by atoms with Crippen LogP contribution in [0.15, 0.2) is 30.3 Å². The summed E-state index contributed by atoms with van der Waals surface area (Å²) in [5.41, 5.74) is 3.59. The van der Waals surface area contributed by atoms with Crippen LogP contribution in [0.1, 0.15) is 44.0 Å². The van der Waals surface area contributed by atoms with E-state index in [9.17, 15) is 0 Å². The molecule has 0 bridgehead atoms. The third kappa shape index (κ3) is 2.70. The number of hydrogen-bond acceptors (Lipinski definition) is 2. The maximum atomic E-state index is 4.81. The van der Waals surface area contributed by atoms with Gasteiger partial charge >= 0.3 is 0 Å². The summed E-state index contributed by atoms with van der Waals surface area (Å²) in [5.74, 6) is 0. The Labute approximate surface area is 109 Å². The summed E-state index contributed by atoms with van der Waals surface area (Å²) in [6, 6.07) is 11.0. The Hall–Kier alpha value is -1.41. The van der Waals surface area contributed by atoms with Crippen LogP contribution in [0.3, 0.4) is 0 Å². The van der Waals surface area contributed by atoms with Gasteiger partial charge in [0, 0.05) is 11.4 Å². The van der Waals surface area contributed by atoms with Crippen molar-refractivity contribution in [2.75, 3.05) is 6.54 Å². The Balaban J connectivity index is 2.43. The lowest BCUT2D eigenvalue weighted by atomic mass is 10.0. The molecule has 2 aromatic rings. The minimum Gasteiger partial charge on any atom is -0.309 e. The first-order valence-electron chi connectivity index (χ1n) is 6.86. The van der Waals surface area contributed by atoms with Crippen molar-refractivity contribution in [3.8, 4) is 0 Å². The van der Waals surface area contributed by atoms with Crippen LogP contribution in [-0.4, -0.2) is 11.5 Å². The van der Waals surface area contributed by atoms with E-state index in [1.165, 1.54) is 23.1 Å². The second-order valence-electron chi connectivity index (χ2n) is 4.78. The molecule has 0 saturated carbocycles. The van der Waals surface area contributed by atoms with E-state index in [1.54, 1.807) is 0 Å². The molecular weight excluding hydrogens is 220 g/mol. The molecule has 1 atom stereocenters. The highest BCUT2D eigenvalue weighted by Crippen LogP contribution is 2.23. The zero-order valence-corrected chi connectivity index (χ0v) is 11.5. The predicted octanol–water partition coefficient (Wildman–Crippen LogP) is 3.99. The minimum atomic E-state index is 0.378.